The minimum atomic E-state index is 0.211. The van der Waals surface area contributed by atoms with Gasteiger partial charge in [0.1, 0.15) is 0 Å². The van der Waals surface area contributed by atoms with Crippen LogP contribution in [0.3, 0.4) is 0 Å². The fraction of sp³-hybridized carbons (Fsp3) is 0.600. The van der Waals surface area contributed by atoms with Gasteiger partial charge in [-0.15, -0.1) is 0 Å². The van der Waals surface area contributed by atoms with Crippen molar-refractivity contribution in [2.24, 2.45) is 11.1 Å². The van der Waals surface area contributed by atoms with Crippen LogP contribution in [0, 0.1) is 5.41 Å². The minimum absolute atomic E-state index is 0.211. The molecule has 1 fully saturated rings. The van der Waals surface area contributed by atoms with Crippen molar-refractivity contribution in [1.29, 1.82) is 0 Å². The number of nitrogens with two attached hydrogens (primary N) is 1. The van der Waals surface area contributed by atoms with E-state index in [1.54, 1.807) is 0 Å². The highest BCUT2D eigenvalue weighted by Gasteiger charge is 2.23. The van der Waals surface area contributed by atoms with E-state index in [2.05, 4.69) is 35.8 Å². The van der Waals surface area contributed by atoms with Gasteiger partial charge in [0.15, 0.2) is 0 Å². The predicted octanol–water partition coefficient (Wildman–Crippen LogP) is 2.45. The molecule has 0 aromatic heterocycles. The summed E-state index contributed by atoms with van der Waals surface area (Å²) in [6.07, 6.45) is 0. The van der Waals surface area contributed by atoms with E-state index in [4.69, 9.17) is 17.3 Å². The normalized spacial score (nSPS) is 17.8. The van der Waals surface area contributed by atoms with Crippen LogP contribution in [-0.2, 0) is 0 Å². The quantitative estimate of drug-likeness (QED) is 0.920. The zero-order chi connectivity index (χ0) is 13.9. The van der Waals surface area contributed by atoms with Crippen LogP contribution >= 0.6 is 11.6 Å². The summed E-state index contributed by atoms with van der Waals surface area (Å²) in [6.45, 7) is 10.6. The van der Waals surface area contributed by atoms with E-state index in [0.717, 1.165) is 44.3 Å². The molecule has 0 unspecified atom stereocenters. The van der Waals surface area contributed by atoms with E-state index in [0.29, 0.717) is 0 Å². The molecule has 2 N–H and O–H groups in total. The summed E-state index contributed by atoms with van der Waals surface area (Å²) in [5.41, 5.74) is 7.28. The van der Waals surface area contributed by atoms with Gasteiger partial charge in [0.05, 0.1) is 0 Å². The Morgan fingerprint density at radius 1 is 1.11 bits per heavy atom. The number of rotatable bonds is 4. The average molecular weight is 282 g/mol. The zero-order valence-electron chi connectivity index (χ0n) is 11.9. The molecular formula is C15H24ClN3. The van der Waals surface area contributed by atoms with Gasteiger partial charge in [0.2, 0.25) is 0 Å². The number of halogens is 1. The number of hydrogen-bond acceptors (Lipinski definition) is 3. The first-order valence-corrected chi connectivity index (χ1v) is 7.31. The molecule has 1 aromatic rings. The van der Waals surface area contributed by atoms with E-state index in [1.165, 1.54) is 5.69 Å². The predicted molar refractivity (Wildman–Crippen MR) is 82.9 cm³/mol. The maximum atomic E-state index is 5.92. The lowest BCUT2D eigenvalue weighted by atomic mass is 9.93. The SMILES string of the molecule is CC(C)(CN)CN1CCN(c2ccc(Cl)cc2)CC1. The molecule has 0 saturated carbocycles. The molecular weight excluding hydrogens is 258 g/mol. The molecule has 0 aliphatic carbocycles. The van der Waals surface area contributed by atoms with Crippen LogP contribution in [0.4, 0.5) is 5.69 Å². The average Bonchev–Trinajstić information content (AvgIpc) is 2.40. The second-order valence-electron chi connectivity index (χ2n) is 6.11. The van der Waals surface area contributed by atoms with E-state index >= 15 is 0 Å². The van der Waals surface area contributed by atoms with Crippen LogP contribution in [0.25, 0.3) is 0 Å². The standard InChI is InChI=1S/C15H24ClN3/c1-15(2,11-17)12-18-7-9-19(10-8-18)14-5-3-13(16)4-6-14/h3-6H,7-12,17H2,1-2H3. The van der Waals surface area contributed by atoms with Crippen LogP contribution in [0.1, 0.15) is 13.8 Å². The first-order chi connectivity index (χ1) is 9.00. The summed E-state index contributed by atoms with van der Waals surface area (Å²) in [5.74, 6) is 0. The Bertz CT molecular complexity index is 394. The van der Waals surface area contributed by atoms with Crippen molar-refractivity contribution >= 4 is 17.3 Å². The number of anilines is 1. The maximum Gasteiger partial charge on any atom is 0.0407 e. The number of hydrogen-bond donors (Lipinski definition) is 1. The van der Waals surface area contributed by atoms with Gasteiger partial charge in [-0.3, -0.25) is 4.90 Å². The molecule has 1 heterocycles. The lowest BCUT2D eigenvalue weighted by molar-refractivity contribution is 0.174. The molecule has 19 heavy (non-hydrogen) atoms. The lowest BCUT2D eigenvalue weighted by Gasteiger charge is -2.39. The summed E-state index contributed by atoms with van der Waals surface area (Å²) in [7, 11) is 0. The summed E-state index contributed by atoms with van der Waals surface area (Å²) in [6, 6.07) is 8.12. The van der Waals surface area contributed by atoms with Gasteiger partial charge >= 0.3 is 0 Å². The number of nitrogens with zero attached hydrogens (tertiary/aromatic N) is 2. The molecule has 0 bridgehead atoms. The molecule has 1 aromatic carbocycles. The van der Waals surface area contributed by atoms with E-state index in [1.807, 2.05) is 12.1 Å². The van der Waals surface area contributed by atoms with Crippen molar-refractivity contribution in [2.45, 2.75) is 13.8 Å². The molecule has 1 aliphatic rings. The van der Waals surface area contributed by atoms with E-state index in [9.17, 15) is 0 Å². The van der Waals surface area contributed by atoms with Crippen LogP contribution in [-0.4, -0.2) is 44.2 Å². The monoisotopic (exact) mass is 281 g/mol. The Morgan fingerprint density at radius 3 is 2.21 bits per heavy atom. The highest BCUT2D eigenvalue weighted by Crippen LogP contribution is 2.21. The maximum absolute atomic E-state index is 5.92. The van der Waals surface area contributed by atoms with Crippen molar-refractivity contribution in [2.75, 3.05) is 44.2 Å². The Hall–Kier alpha value is -0.770. The van der Waals surface area contributed by atoms with Crippen molar-refractivity contribution < 1.29 is 0 Å². The molecule has 3 nitrogen and oxygen atoms in total. The van der Waals surface area contributed by atoms with Crippen molar-refractivity contribution in [3.63, 3.8) is 0 Å². The number of benzene rings is 1. The molecule has 0 amide bonds. The third kappa shape index (κ3) is 4.10. The Morgan fingerprint density at radius 2 is 1.68 bits per heavy atom. The third-order valence-electron chi connectivity index (χ3n) is 3.77. The van der Waals surface area contributed by atoms with Gasteiger partial charge in [-0.1, -0.05) is 25.4 Å². The first kappa shape index (κ1) is 14.6. The Labute approximate surface area is 121 Å². The fourth-order valence-corrected chi connectivity index (χ4v) is 2.61. The molecule has 106 valence electrons. The van der Waals surface area contributed by atoms with Gasteiger partial charge in [-0.2, -0.15) is 0 Å². The lowest BCUT2D eigenvalue weighted by Crippen LogP contribution is -2.50. The van der Waals surface area contributed by atoms with Gasteiger partial charge in [-0.25, -0.2) is 0 Å². The summed E-state index contributed by atoms with van der Waals surface area (Å²) >= 11 is 5.92. The summed E-state index contributed by atoms with van der Waals surface area (Å²) in [4.78, 5) is 4.93. The zero-order valence-corrected chi connectivity index (χ0v) is 12.7. The molecule has 0 spiro atoms. The Balaban J connectivity index is 1.87. The fourth-order valence-electron chi connectivity index (χ4n) is 2.49. The highest BCUT2D eigenvalue weighted by molar-refractivity contribution is 6.30. The van der Waals surface area contributed by atoms with E-state index < -0.39 is 0 Å². The van der Waals surface area contributed by atoms with Crippen LogP contribution in [0.2, 0.25) is 5.02 Å². The first-order valence-electron chi connectivity index (χ1n) is 6.93. The molecule has 1 saturated heterocycles. The Kier molecular flexibility index (Phi) is 4.71. The molecule has 4 heteroatoms. The summed E-state index contributed by atoms with van der Waals surface area (Å²) in [5, 5.41) is 0.798. The second kappa shape index (κ2) is 6.12. The van der Waals surface area contributed by atoms with Gasteiger partial charge in [0, 0.05) is 43.4 Å². The van der Waals surface area contributed by atoms with Crippen molar-refractivity contribution in [3.05, 3.63) is 29.3 Å². The van der Waals surface area contributed by atoms with Gasteiger partial charge in [-0.05, 0) is 36.2 Å². The van der Waals surface area contributed by atoms with E-state index in [-0.39, 0.29) is 5.41 Å². The largest absolute Gasteiger partial charge is 0.369 e. The highest BCUT2D eigenvalue weighted by atomic mass is 35.5. The topological polar surface area (TPSA) is 32.5 Å². The number of piperazine rings is 1. The molecule has 2 rings (SSSR count). The molecule has 1 aliphatic heterocycles. The van der Waals surface area contributed by atoms with Gasteiger partial charge < -0.3 is 10.6 Å². The second-order valence-corrected chi connectivity index (χ2v) is 6.54. The van der Waals surface area contributed by atoms with Gasteiger partial charge in [0.25, 0.3) is 0 Å². The third-order valence-corrected chi connectivity index (χ3v) is 4.02. The van der Waals surface area contributed by atoms with Crippen molar-refractivity contribution in [1.82, 2.24) is 4.90 Å². The van der Waals surface area contributed by atoms with Crippen molar-refractivity contribution in [3.8, 4) is 0 Å². The van der Waals surface area contributed by atoms with Crippen LogP contribution in [0.15, 0.2) is 24.3 Å². The molecule has 0 radical (unpaired) electrons. The minimum Gasteiger partial charge on any atom is -0.369 e. The smallest absolute Gasteiger partial charge is 0.0407 e. The molecule has 0 atom stereocenters. The summed E-state index contributed by atoms with van der Waals surface area (Å²) < 4.78 is 0. The van der Waals surface area contributed by atoms with Crippen LogP contribution in [0.5, 0.6) is 0 Å². The van der Waals surface area contributed by atoms with Crippen LogP contribution < -0.4 is 10.6 Å².